The number of alkyl halides is 1. The van der Waals surface area contributed by atoms with E-state index in [0.717, 1.165) is 31.9 Å². The molecule has 1 unspecified atom stereocenters. The molecular weight excluding hydrogens is 527 g/mol. The van der Waals surface area contributed by atoms with E-state index in [1.54, 1.807) is 16.8 Å². The minimum atomic E-state index is -0.387. The van der Waals surface area contributed by atoms with Gasteiger partial charge in [0.1, 0.15) is 3.92 Å². The summed E-state index contributed by atoms with van der Waals surface area (Å²) >= 11 is 7.36. The Bertz CT molecular complexity index is 859. The summed E-state index contributed by atoms with van der Waals surface area (Å²) in [5.41, 5.74) is 3.72. The zero-order chi connectivity index (χ0) is 18.7. The van der Waals surface area contributed by atoms with Crippen LogP contribution < -0.4 is 10.9 Å². The fraction of sp³-hybridized carbons (Fsp3) is 0.211. The molecule has 2 aromatic carbocycles. The van der Waals surface area contributed by atoms with Crippen LogP contribution in [0.4, 0.5) is 5.69 Å². The molecule has 0 aliphatic carbocycles. The van der Waals surface area contributed by atoms with Crippen LogP contribution in [0.15, 0.2) is 63.5 Å². The van der Waals surface area contributed by atoms with Crippen molar-refractivity contribution in [3.8, 4) is 0 Å². The first kappa shape index (κ1) is 19.7. The van der Waals surface area contributed by atoms with Crippen LogP contribution in [0.3, 0.4) is 0 Å². The van der Waals surface area contributed by atoms with Crippen molar-refractivity contribution < 1.29 is 9.53 Å². The molecule has 7 heteroatoms. The van der Waals surface area contributed by atoms with Crippen molar-refractivity contribution in [2.45, 2.75) is 15.7 Å². The predicted octanol–water partition coefficient (Wildman–Crippen LogP) is 5.01. The van der Waals surface area contributed by atoms with Crippen molar-refractivity contribution in [3.05, 3.63) is 64.1 Å². The molecule has 4 nitrogen and oxygen atoms in total. The summed E-state index contributed by atoms with van der Waals surface area (Å²) in [6, 6.07) is 15.9. The summed E-state index contributed by atoms with van der Waals surface area (Å²) in [5, 5.41) is 1.67. The van der Waals surface area contributed by atoms with E-state index in [1.807, 2.05) is 49.4 Å². The maximum absolute atomic E-state index is 12.4. The van der Waals surface area contributed by atoms with E-state index in [1.165, 1.54) is 0 Å². The van der Waals surface area contributed by atoms with Gasteiger partial charge in [-0.1, -0.05) is 62.8 Å². The Kier molecular flexibility index (Phi) is 6.65. The van der Waals surface area contributed by atoms with Crippen LogP contribution in [0.1, 0.15) is 12.5 Å². The van der Waals surface area contributed by atoms with Crippen LogP contribution >= 0.6 is 50.3 Å². The van der Waals surface area contributed by atoms with Crippen LogP contribution in [0.5, 0.6) is 0 Å². The number of rotatable bonds is 5. The summed E-state index contributed by atoms with van der Waals surface area (Å²) in [6.07, 6.45) is 0. The lowest BCUT2D eigenvalue weighted by Crippen LogP contribution is -2.34. The maximum atomic E-state index is 12.4. The summed E-state index contributed by atoms with van der Waals surface area (Å²) in [7, 11) is 0. The summed E-state index contributed by atoms with van der Waals surface area (Å²) in [4.78, 5) is 13.5. The van der Waals surface area contributed by atoms with E-state index in [9.17, 15) is 4.79 Å². The molecule has 1 heterocycles. The summed E-state index contributed by atoms with van der Waals surface area (Å²) < 4.78 is 5.80. The number of nitrogens with two attached hydrogens (primary N) is 1. The van der Waals surface area contributed by atoms with Crippen molar-refractivity contribution in [1.82, 2.24) is 0 Å². The van der Waals surface area contributed by atoms with Gasteiger partial charge in [-0.15, -0.1) is 11.8 Å². The number of carbonyl (C=O) groups is 1. The van der Waals surface area contributed by atoms with Crippen molar-refractivity contribution in [3.63, 3.8) is 0 Å². The average Bonchev–Trinajstić information content (AvgIpc) is 2.66. The zero-order valence-electron chi connectivity index (χ0n) is 14.1. The SMILES string of the molecule is CCOC(=O)C(I)C1=C(N(N)c2cccc(Br)c2)c2ccccc2SC1. The van der Waals surface area contributed by atoms with Crippen LogP contribution in [0.25, 0.3) is 5.70 Å². The van der Waals surface area contributed by atoms with Crippen molar-refractivity contribution >= 4 is 67.6 Å². The molecule has 26 heavy (non-hydrogen) atoms. The number of benzene rings is 2. The first-order valence-corrected chi connectivity index (χ1v) is 11.1. The monoisotopic (exact) mass is 544 g/mol. The molecule has 0 fully saturated rings. The van der Waals surface area contributed by atoms with E-state index in [-0.39, 0.29) is 9.89 Å². The number of ether oxygens (including phenoxy) is 1. The van der Waals surface area contributed by atoms with Gasteiger partial charge in [-0.25, -0.2) is 5.84 Å². The second kappa shape index (κ2) is 8.77. The highest BCUT2D eigenvalue weighted by molar-refractivity contribution is 14.1. The van der Waals surface area contributed by atoms with Crippen molar-refractivity contribution in [2.24, 2.45) is 5.84 Å². The zero-order valence-corrected chi connectivity index (χ0v) is 18.7. The molecule has 1 aliphatic rings. The molecule has 0 spiro atoms. The second-order valence-electron chi connectivity index (χ2n) is 5.62. The summed E-state index contributed by atoms with van der Waals surface area (Å²) in [6.45, 7) is 2.18. The number of fused-ring (bicyclic) bond motifs is 1. The van der Waals surface area contributed by atoms with E-state index in [4.69, 9.17) is 10.6 Å². The lowest BCUT2D eigenvalue weighted by molar-refractivity contribution is -0.141. The summed E-state index contributed by atoms with van der Waals surface area (Å²) in [5.74, 6) is 7.01. The minimum Gasteiger partial charge on any atom is -0.465 e. The van der Waals surface area contributed by atoms with Crippen LogP contribution in [-0.4, -0.2) is 22.3 Å². The van der Waals surface area contributed by atoms with Crippen LogP contribution in [0.2, 0.25) is 0 Å². The number of halogens is 2. The van der Waals surface area contributed by atoms with E-state index < -0.39 is 0 Å². The van der Waals surface area contributed by atoms with E-state index in [0.29, 0.717) is 12.4 Å². The molecule has 0 aromatic heterocycles. The number of thioether (sulfide) groups is 1. The third-order valence-corrected chi connectivity index (χ3v) is 6.83. The highest BCUT2D eigenvalue weighted by atomic mass is 127. The fourth-order valence-corrected chi connectivity index (χ4v) is 5.27. The molecule has 0 bridgehead atoms. The second-order valence-corrected chi connectivity index (χ2v) is 8.80. The smallest absolute Gasteiger partial charge is 0.323 e. The van der Waals surface area contributed by atoms with Crippen LogP contribution in [-0.2, 0) is 9.53 Å². The van der Waals surface area contributed by atoms with E-state index >= 15 is 0 Å². The third kappa shape index (κ3) is 4.11. The molecule has 3 rings (SSSR count). The molecule has 0 radical (unpaired) electrons. The highest BCUT2D eigenvalue weighted by Crippen LogP contribution is 2.42. The first-order chi connectivity index (χ1) is 12.5. The van der Waals surface area contributed by atoms with Gasteiger partial charge in [0.2, 0.25) is 0 Å². The standard InChI is InChI=1S/C19H18BrIN2O2S/c1-2-25-19(24)17(21)15-11-26-16-9-4-3-8-14(16)18(15)23(22)13-7-5-6-12(20)10-13/h3-10,17H,2,11,22H2,1H3. The Morgan fingerprint density at radius 3 is 2.85 bits per heavy atom. The molecule has 1 atom stereocenters. The molecule has 0 saturated heterocycles. The topological polar surface area (TPSA) is 55.6 Å². The van der Waals surface area contributed by atoms with Gasteiger partial charge in [0.25, 0.3) is 0 Å². The molecular formula is C19H18BrIN2O2S. The highest BCUT2D eigenvalue weighted by Gasteiger charge is 2.31. The normalized spacial score (nSPS) is 14.6. The minimum absolute atomic E-state index is 0.233. The van der Waals surface area contributed by atoms with Gasteiger partial charge >= 0.3 is 5.97 Å². The molecule has 1 aliphatic heterocycles. The van der Waals surface area contributed by atoms with Gasteiger partial charge in [-0.3, -0.25) is 9.80 Å². The van der Waals surface area contributed by atoms with Gasteiger partial charge in [0, 0.05) is 20.7 Å². The van der Waals surface area contributed by atoms with Gasteiger partial charge in [-0.2, -0.15) is 0 Å². The lowest BCUT2D eigenvalue weighted by Gasteiger charge is -2.31. The molecule has 2 N–H and O–H groups in total. The van der Waals surface area contributed by atoms with Crippen molar-refractivity contribution in [1.29, 1.82) is 0 Å². The molecule has 0 amide bonds. The largest absolute Gasteiger partial charge is 0.465 e. The Hall–Kier alpha value is -1.03. The van der Waals surface area contributed by atoms with Crippen molar-refractivity contribution in [2.75, 3.05) is 17.4 Å². The Morgan fingerprint density at radius 1 is 1.35 bits per heavy atom. The number of carbonyl (C=O) groups excluding carboxylic acids is 1. The predicted molar refractivity (Wildman–Crippen MR) is 119 cm³/mol. The van der Waals surface area contributed by atoms with Gasteiger partial charge < -0.3 is 4.74 Å². The lowest BCUT2D eigenvalue weighted by atomic mass is 10.0. The number of hydrogen-bond acceptors (Lipinski definition) is 5. The maximum Gasteiger partial charge on any atom is 0.323 e. The number of nitrogens with zero attached hydrogens (tertiary/aromatic N) is 1. The Morgan fingerprint density at radius 2 is 2.12 bits per heavy atom. The molecule has 136 valence electrons. The fourth-order valence-electron chi connectivity index (χ4n) is 2.78. The number of esters is 1. The number of hydrogen-bond donors (Lipinski definition) is 1. The first-order valence-electron chi connectivity index (χ1n) is 8.09. The Balaban J connectivity index is 2.12. The van der Waals surface area contributed by atoms with Gasteiger partial charge in [0.15, 0.2) is 0 Å². The Labute approximate surface area is 179 Å². The third-order valence-electron chi connectivity index (χ3n) is 3.96. The van der Waals surface area contributed by atoms with Crippen LogP contribution in [0, 0.1) is 0 Å². The number of hydrazine groups is 1. The molecule has 0 saturated carbocycles. The average molecular weight is 545 g/mol. The van der Waals surface area contributed by atoms with Gasteiger partial charge in [0.05, 0.1) is 18.0 Å². The van der Waals surface area contributed by atoms with E-state index in [2.05, 4.69) is 44.6 Å². The van der Waals surface area contributed by atoms with Gasteiger partial charge in [-0.05, 0) is 36.8 Å². The molecule has 2 aromatic rings. The quantitative estimate of drug-likeness (QED) is 0.188. The number of anilines is 1.